The van der Waals surface area contributed by atoms with E-state index in [9.17, 15) is 0 Å². The minimum atomic E-state index is 0.117. The third-order valence-electron chi connectivity index (χ3n) is 7.10. The summed E-state index contributed by atoms with van der Waals surface area (Å²) in [5.74, 6) is 1.05. The van der Waals surface area contributed by atoms with E-state index < -0.39 is 0 Å². The lowest BCUT2D eigenvalue weighted by Crippen LogP contribution is -2.52. The molecule has 1 aromatic carbocycles. The molecular weight excluding hydrogens is 358 g/mol. The number of hydrogen-bond donors (Lipinski definition) is 2. The summed E-state index contributed by atoms with van der Waals surface area (Å²) in [5.41, 5.74) is 11.2. The summed E-state index contributed by atoms with van der Waals surface area (Å²) in [5, 5.41) is 0. The maximum Gasteiger partial charge on any atom is 0.121 e. The van der Waals surface area contributed by atoms with E-state index in [4.69, 9.17) is 15.7 Å². The molecule has 0 bridgehead atoms. The Kier molecular flexibility index (Phi) is 4.88. The fraction of sp³-hybridized carbons (Fsp3) is 0.500. The maximum absolute atomic E-state index is 6.27. The molecule has 2 aliphatic rings. The van der Waals surface area contributed by atoms with Crippen molar-refractivity contribution in [3.8, 4) is 0 Å². The van der Waals surface area contributed by atoms with Gasteiger partial charge < -0.3 is 10.7 Å². The number of rotatable bonds is 4. The molecule has 0 amide bonds. The van der Waals surface area contributed by atoms with Gasteiger partial charge in [0.2, 0.25) is 0 Å². The van der Waals surface area contributed by atoms with Crippen LogP contribution in [0, 0.1) is 0 Å². The highest BCUT2D eigenvalue weighted by molar-refractivity contribution is 5.74. The van der Waals surface area contributed by atoms with Gasteiger partial charge in [0.1, 0.15) is 5.82 Å². The van der Waals surface area contributed by atoms with Crippen LogP contribution >= 0.6 is 0 Å². The van der Waals surface area contributed by atoms with Gasteiger partial charge in [0.05, 0.1) is 29.3 Å². The van der Waals surface area contributed by atoms with Crippen molar-refractivity contribution >= 4 is 11.0 Å². The Morgan fingerprint density at radius 3 is 2.79 bits per heavy atom. The number of aromatic amines is 1. The predicted molar refractivity (Wildman–Crippen MR) is 116 cm³/mol. The van der Waals surface area contributed by atoms with Gasteiger partial charge in [-0.3, -0.25) is 9.88 Å². The fourth-order valence-corrected chi connectivity index (χ4v) is 5.36. The molecule has 1 atom stereocenters. The lowest BCUT2D eigenvalue weighted by atomic mass is 9.77. The van der Waals surface area contributed by atoms with Crippen LogP contribution in [0.2, 0.25) is 0 Å². The fourth-order valence-electron chi connectivity index (χ4n) is 5.36. The number of para-hydroxylation sites is 2. The average molecular weight is 390 g/mol. The molecule has 1 unspecified atom stereocenters. The van der Waals surface area contributed by atoms with E-state index >= 15 is 0 Å². The van der Waals surface area contributed by atoms with Gasteiger partial charge in [-0.1, -0.05) is 18.2 Å². The number of pyridine rings is 1. The van der Waals surface area contributed by atoms with Crippen molar-refractivity contribution < 1.29 is 0 Å². The van der Waals surface area contributed by atoms with E-state index in [-0.39, 0.29) is 5.54 Å². The van der Waals surface area contributed by atoms with Crippen LogP contribution in [0.15, 0.2) is 42.6 Å². The smallest absolute Gasteiger partial charge is 0.121 e. The SMILES string of the molecule is CC1(N(Cc2nc3ccccc3[nH]2)C2CCCc3cccnc32)CCC(N)CC1. The summed E-state index contributed by atoms with van der Waals surface area (Å²) >= 11 is 0. The van der Waals surface area contributed by atoms with E-state index in [2.05, 4.69) is 53.2 Å². The van der Waals surface area contributed by atoms with Gasteiger partial charge >= 0.3 is 0 Å². The molecule has 2 heterocycles. The Labute approximate surface area is 172 Å². The van der Waals surface area contributed by atoms with Crippen molar-refractivity contribution in [3.05, 3.63) is 59.7 Å². The van der Waals surface area contributed by atoms with E-state index in [1.165, 1.54) is 17.7 Å². The summed E-state index contributed by atoms with van der Waals surface area (Å²) in [6, 6.07) is 13.3. The number of imidazole rings is 1. The molecule has 5 nitrogen and oxygen atoms in total. The molecule has 0 radical (unpaired) electrons. The molecule has 2 aromatic heterocycles. The van der Waals surface area contributed by atoms with Crippen LogP contribution < -0.4 is 5.73 Å². The van der Waals surface area contributed by atoms with Gasteiger partial charge in [-0.2, -0.15) is 0 Å². The van der Waals surface area contributed by atoms with Gasteiger partial charge in [-0.15, -0.1) is 0 Å². The normalized spacial score (nSPS) is 27.3. The lowest BCUT2D eigenvalue weighted by Gasteiger charge is -2.49. The first-order valence-corrected chi connectivity index (χ1v) is 11.0. The molecule has 3 N–H and O–H groups in total. The molecule has 3 aromatic rings. The van der Waals surface area contributed by atoms with Crippen LogP contribution in [0.5, 0.6) is 0 Å². The monoisotopic (exact) mass is 389 g/mol. The zero-order valence-corrected chi connectivity index (χ0v) is 17.3. The number of nitrogens with one attached hydrogen (secondary N) is 1. The first kappa shape index (κ1) is 18.8. The number of fused-ring (bicyclic) bond motifs is 2. The molecule has 0 aliphatic heterocycles. The molecule has 1 saturated carbocycles. The average Bonchev–Trinajstić information content (AvgIpc) is 3.17. The van der Waals surface area contributed by atoms with Gasteiger partial charge in [0.25, 0.3) is 0 Å². The van der Waals surface area contributed by atoms with E-state index in [1.807, 2.05) is 6.20 Å². The first-order valence-electron chi connectivity index (χ1n) is 11.0. The zero-order valence-electron chi connectivity index (χ0n) is 17.3. The second-order valence-electron chi connectivity index (χ2n) is 9.12. The molecule has 0 saturated heterocycles. The number of H-pyrrole nitrogens is 1. The van der Waals surface area contributed by atoms with Crippen molar-refractivity contribution in [3.63, 3.8) is 0 Å². The number of hydrogen-bond acceptors (Lipinski definition) is 4. The Bertz CT molecular complexity index is 953. The highest BCUT2D eigenvalue weighted by Gasteiger charge is 2.41. The number of aromatic nitrogens is 3. The number of aryl methyl sites for hydroxylation is 1. The second-order valence-corrected chi connectivity index (χ2v) is 9.12. The number of nitrogens with two attached hydrogens (primary N) is 1. The van der Waals surface area contributed by atoms with E-state index in [0.29, 0.717) is 12.1 Å². The molecule has 2 aliphatic carbocycles. The third-order valence-corrected chi connectivity index (χ3v) is 7.10. The zero-order chi connectivity index (χ0) is 19.8. The van der Waals surface area contributed by atoms with E-state index in [0.717, 1.165) is 61.9 Å². The Hall–Kier alpha value is -2.24. The summed E-state index contributed by atoms with van der Waals surface area (Å²) in [6.07, 6.45) is 9.92. The summed E-state index contributed by atoms with van der Waals surface area (Å²) < 4.78 is 0. The van der Waals surface area contributed by atoms with Crippen LogP contribution in [-0.4, -0.2) is 31.4 Å². The molecule has 29 heavy (non-hydrogen) atoms. The van der Waals surface area contributed by atoms with Crippen molar-refractivity contribution in [1.82, 2.24) is 19.9 Å². The number of benzene rings is 1. The summed E-state index contributed by atoms with van der Waals surface area (Å²) in [4.78, 5) is 16.0. The van der Waals surface area contributed by atoms with Crippen molar-refractivity contribution in [1.29, 1.82) is 0 Å². The summed E-state index contributed by atoms with van der Waals surface area (Å²) in [6.45, 7) is 3.25. The quantitative estimate of drug-likeness (QED) is 0.689. The minimum Gasteiger partial charge on any atom is -0.341 e. The standard InChI is InChI=1S/C24H31N5/c1-24(13-11-18(25)12-14-24)29(16-22-27-19-8-2-3-9-20(19)28-22)21-10-4-6-17-7-5-15-26-23(17)21/h2-3,5,7-9,15,18,21H,4,6,10-14,16,25H2,1H3,(H,27,28). The van der Waals surface area contributed by atoms with Crippen LogP contribution in [0.4, 0.5) is 0 Å². The van der Waals surface area contributed by atoms with Gasteiger partial charge in [0, 0.05) is 17.8 Å². The second kappa shape index (κ2) is 7.54. The third kappa shape index (κ3) is 3.58. The highest BCUT2D eigenvalue weighted by Crippen LogP contribution is 2.43. The molecule has 5 heteroatoms. The Morgan fingerprint density at radius 1 is 1.14 bits per heavy atom. The van der Waals surface area contributed by atoms with Crippen LogP contribution in [0.25, 0.3) is 11.0 Å². The van der Waals surface area contributed by atoms with Crippen molar-refractivity contribution in [2.75, 3.05) is 0 Å². The highest BCUT2D eigenvalue weighted by atomic mass is 15.3. The van der Waals surface area contributed by atoms with E-state index in [1.54, 1.807) is 0 Å². The van der Waals surface area contributed by atoms with Crippen LogP contribution in [0.3, 0.4) is 0 Å². The molecule has 5 rings (SSSR count). The largest absolute Gasteiger partial charge is 0.341 e. The first-order chi connectivity index (χ1) is 14.1. The van der Waals surface area contributed by atoms with Crippen molar-refractivity contribution in [2.45, 2.75) is 76.0 Å². The van der Waals surface area contributed by atoms with Crippen LogP contribution in [0.1, 0.15) is 68.6 Å². The predicted octanol–water partition coefficient (Wildman–Crippen LogP) is 4.50. The summed E-state index contributed by atoms with van der Waals surface area (Å²) in [7, 11) is 0. The Balaban J connectivity index is 1.53. The topological polar surface area (TPSA) is 70.8 Å². The molecular formula is C24H31N5. The Morgan fingerprint density at radius 2 is 1.97 bits per heavy atom. The molecule has 0 spiro atoms. The van der Waals surface area contributed by atoms with Crippen molar-refractivity contribution in [2.24, 2.45) is 5.73 Å². The van der Waals surface area contributed by atoms with Gasteiger partial charge in [0.15, 0.2) is 0 Å². The van der Waals surface area contributed by atoms with Gasteiger partial charge in [-0.25, -0.2) is 4.98 Å². The minimum absolute atomic E-state index is 0.117. The van der Waals surface area contributed by atoms with Crippen LogP contribution in [-0.2, 0) is 13.0 Å². The van der Waals surface area contributed by atoms with Gasteiger partial charge in [-0.05, 0) is 75.6 Å². The maximum atomic E-state index is 6.27. The lowest BCUT2D eigenvalue weighted by molar-refractivity contribution is 0.00345. The number of nitrogens with zero attached hydrogens (tertiary/aromatic N) is 3. The molecule has 152 valence electrons. The molecule has 1 fully saturated rings.